The minimum absolute atomic E-state index is 0.246. The molecule has 0 radical (unpaired) electrons. The van der Waals surface area contributed by atoms with Gasteiger partial charge in [-0.2, -0.15) is 0 Å². The topological polar surface area (TPSA) is 24.5 Å². The van der Waals surface area contributed by atoms with E-state index in [1.807, 2.05) is 12.1 Å². The highest BCUT2D eigenvalue weighted by Crippen LogP contribution is 2.19. The molecule has 1 heterocycles. The van der Waals surface area contributed by atoms with E-state index in [2.05, 4.69) is 50.0 Å². The van der Waals surface area contributed by atoms with Crippen molar-refractivity contribution in [3.63, 3.8) is 0 Å². The molecule has 112 valence electrons. The maximum atomic E-state index is 5.80. The summed E-state index contributed by atoms with van der Waals surface area (Å²) < 4.78 is 5.80. The molecular weight excluding hydrogens is 248 g/mol. The summed E-state index contributed by atoms with van der Waals surface area (Å²) in [6.45, 7) is 13.1. The average Bonchev–Trinajstić information content (AvgIpc) is 2.41. The van der Waals surface area contributed by atoms with Crippen molar-refractivity contribution in [1.29, 1.82) is 0 Å². The fourth-order valence-corrected chi connectivity index (χ4v) is 2.65. The summed E-state index contributed by atoms with van der Waals surface area (Å²) in [5.74, 6) is 0.975. The van der Waals surface area contributed by atoms with E-state index in [9.17, 15) is 0 Å². The predicted molar refractivity (Wildman–Crippen MR) is 84.4 cm³/mol. The van der Waals surface area contributed by atoms with E-state index in [1.54, 1.807) is 0 Å². The highest BCUT2D eigenvalue weighted by molar-refractivity contribution is 5.26. The Morgan fingerprint density at radius 2 is 2.00 bits per heavy atom. The molecule has 0 aromatic heterocycles. The molecule has 1 saturated heterocycles. The van der Waals surface area contributed by atoms with Gasteiger partial charge in [-0.05, 0) is 46.2 Å². The maximum Gasteiger partial charge on any atom is 0.119 e. The van der Waals surface area contributed by atoms with Gasteiger partial charge in [0.1, 0.15) is 5.75 Å². The minimum atomic E-state index is 0.246. The van der Waals surface area contributed by atoms with Crippen LogP contribution >= 0.6 is 0 Å². The van der Waals surface area contributed by atoms with Gasteiger partial charge in [-0.25, -0.2) is 0 Å². The van der Waals surface area contributed by atoms with Crippen molar-refractivity contribution < 1.29 is 4.74 Å². The average molecular weight is 276 g/mol. The molecular formula is C17H28N2O. The third-order valence-electron chi connectivity index (χ3n) is 4.10. The Bertz CT molecular complexity index is 414. The largest absolute Gasteiger partial charge is 0.494 e. The van der Waals surface area contributed by atoms with Crippen molar-refractivity contribution in [2.45, 2.75) is 45.7 Å². The molecule has 1 aromatic rings. The standard InChI is InChI=1S/C17H28N2O/c1-14-6-8-16(9-7-14)20-11-5-10-19-12-15(2)18-13-17(19,3)4/h6-9,15,18H,5,10-13H2,1-4H3. The summed E-state index contributed by atoms with van der Waals surface area (Å²) in [6, 6.07) is 8.87. The van der Waals surface area contributed by atoms with E-state index in [1.165, 1.54) is 5.56 Å². The molecule has 1 aromatic carbocycles. The molecule has 3 nitrogen and oxygen atoms in total. The van der Waals surface area contributed by atoms with Crippen LogP contribution in [0.25, 0.3) is 0 Å². The SMILES string of the molecule is Cc1ccc(OCCCN2CC(C)NCC2(C)C)cc1. The number of ether oxygens (including phenoxy) is 1. The summed E-state index contributed by atoms with van der Waals surface area (Å²) in [4.78, 5) is 2.58. The van der Waals surface area contributed by atoms with Crippen molar-refractivity contribution >= 4 is 0 Å². The van der Waals surface area contributed by atoms with Crippen molar-refractivity contribution in [2.75, 3.05) is 26.2 Å². The van der Waals surface area contributed by atoms with Gasteiger partial charge < -0.3 is 10.1 Å². The van der Waals surface area contributed by atoms with Gasteiger partial charge in [-0.15, -0.1) is 0 Å². The Kier molecular flexibility index (Phi) is 5.06. The van der Waals surface area contributed by atoms with Gasteiger partial charge in [-0.1, -0.05) is 17.7 Å². The molecule has 1 fully saturated rings. The fourth-order valence-electron chi connectivity index (χ4n) is 2.65. The van der Waals surface area contributed by atoms with Gasteiger partial charge in [-0.3, -0.25) is 4.90 Å². The molecule has 0 amide bonds. The second kappa shape index (κ2) is 6.59. The first kappa shape index (κ1) is 15.3. The molecule has 1 atom stereocenters. The van der Waals surface area contributed by atoms with Crippen LogP contribution in [0.4, 0.5) is 0 Å². The van der Waals surface area contributed by atoms with Gasteiger partial charge in [0.2, 0.25) is 0 Å². The first-order chi connectivity index (χ1) is 9.47. The number of hydrogen-bond acceptors (Lipinski definition) is 3. The van der Waals surface area contributed by atoms with E-state index in [-0.39, 0.29) is 5.54 Å². The lowest BCUT2D eigenvalue weighted by atomic mass is 9.97. The van der Waals surface area contributed by atoms with Crippen LogP contribution in [0.1, 0.15) is 32.8 Å². The molecule has 2 rings (SSSR count). The van der Waals surface area contributed by atoms with E-state index in [0.717, 1.165) is 38.4 Å². The lowest BCUT2D eigenvalue weighted by molar-refractivity contribution is 0.0649. The van der Waals surface area contributed by atoms with Gasteiger partial charge in [0.25, 0.3) is 0 Å². The van der Waals surface area contributed by atoms with Gasteiger partial charge in [0, 0.05) is 31.2 Å². The van der Waals surface area contributed by atoms with Crippen LogP contribution in [0.15, 0.2) is 24.3 Å². The lowest BCUT2D eigenvalue weighted by Gasteiger charge is -2.45. The van der Waals surface area contributed by atoms with E-state index >= 15 is 0 Å². The summed E-state index contributed by atoms with van der Waals surface area (Å²) in [5.41, 5.74) is 1.52. The third kappa shape index (κ3) is 4.22. The van der Waals surface area contributed by atoms with Crippen LogP contribution in [-0.4, -0.2) is 42.7 Å². The number of rotatable bonds is 5. The Morgan fingerprint density at radius 3 is 2.70 bits per heavy atom. The molecule has 0 bridgehead atoms. The number of benzene rings is 1. The van der Waals surface area contributed by atoms with Crippen LogP contribution in [-0.2, 0) is 0 Å². The Balaban J connectivity index is 1.73. The highest BCUT2D eigenvalue weighted by Gasteiger charge is 2.31. The summed E-state index contributed by atoms with van der Waals surface area (Å²) >= 11 is 0. The van der Waals surface area contributed by atoms with Gasteiger partial charge in [0.15, 0.2) is 0 Å². The van der Waals surface area contributed by atoms with E-state index in [0.29, 0.717) is 6.04 Å². The van der Waals surface area contributed by atoms with E-state index < -0.39 is 0 Å². The monoisotopic (exact) mass is 276 g/mol. The fraction of sp³-hybridized carbons (Fsp3) is 0.647. The van der Waals surface area contributed by atoms with Crippen LogP contribution in [0.5, 0.6) is 5.75 Å². The second-order valence-electron chi connectivity index (χ2n) is 6.56. The van der Waals surface area contributed by atoms with Crippen molar-refractivity contribution in [1.82, 2.24) is 10.2 Å². The number of hydrogen-bond donors (Lipinski definition) is 1. The summed E-state index contributed by atoms with van der Waals surface area (Å²) in [6.07, 6.45) is 1.07. The van der Waals surface area contributed by atoms with Gasteiger partial charge >= 0.3 is 0 Å². The zero-order valence-electron chi connectivity index (χ0n) is 13.3. The highest BCUT2D eigenvalue weighted by atomic mass is 16.5. The Labute approximate surface area is 123 Å². The first-order valence-corrected chi connectivity index (χ1v) is 7.65. The third-order valence-corrected chi connectivity index (χ3v) is 4.10. The molecule has 0 spiro atoms. The predicted octanol–water partition coefficient (Wildman–Crippen LogP) is 2.84. The van der Waals surface area contributed by atoms with Crippen LogP contribution < -0.4 is 10.1 Å². The van der Waals surface area contributed by atoms with Crippen molar-refractivity contribution in [2.24, 2.45) is 0 Å². The van der Waals surface area contributed by atoms with E-state index in [4.69, 9.17) is 4.74 Å². The summed E-state index contributed by atoms with van der Waals surface area (Å²) in [7, 11) is 0. The smallest absolute Gasteiger partial charge is 0.119 e. The molecule has 1 aliphatic rings. The quantitative estimate of drug-likeness (QED) is 0.837. The van der Waals surface area contributed by atoms with Crippen molar-refractivity contribution in [3.05, 3.63) is 29.8 Å². The zero-order valence-corrected chi connectivity index (χ0v) is 13.3. The van der Waals surface area contributed by atoms with Crippen LogP contribution in [0, 0.1) is 6.92 Å². The molecule has 1 N–H and O–H groups in total. The lowest BCUT2D eigenvalue weighted by Crippen LogP contribution is -2.61. The molecule has 1 aliphatic heterocycles. The van der Waals surface area contributed by atoms with Crippen LogP contribution in [0.2, 0.25) is 0 Å². The minimum Gasteiger partial charge on any atom is -0.494 e. The number of nitrogens with zero attached hydrogens (tertiary/aromatic N) is 1. The zero-order chi connectivity index (χ0) is 14.6. The second-order valence-corrected chi connectivity index (χ2v) is 6.56. The number of piperazine rings is 1. The number of nitrogens with one attached hydrogen (secondary N) is 1. The Morgan fingerprint density at radius 1 is 1.30 bits per heavy atom. The normalized spacial score (nSPS) is 22.7. The van der Waals surface area contributed by atoms with Gasteiger partial charge in [0.05, 0.1) is 6.61 Å². The molecule has 0 aliphatic carbocycles. The molecule has 20 heavy (non-hydrogen) atoms. The number of aryl methyl sites for hydroxylation is 1. The maximum absolute atomic E-state index is 5.80. The van der Waals surface area contributed by atoms with Crippen molar-refractivity contribution in [3.8, 4) is 5.75 Å². The molecule has 1 unspecified atom stereocenters. The Hall–Kier alpha value is -1.06. The van der Waals surface area contributed by atoms with Crippen LogP contribution in [0.3, 0.4) is 0 Å². The molecule has 3 heteroatoms. The summed E-state index contributed by atoms with van der Waals surface area (Å²) in [5, 5.41) is 3.55. The molecule has 0 saturated carbocycles. The first-order valence-electron chi connectivity index (χ1n) is 7.65.